The van der Waals surface area contributed by atoms with E-state index in [0.29, 0.717) is 19.4 Å². The van der Waals surface area contributed by atoms with Gasteiger partial charge in [0.15, 0.2) is 0 Å². The highest BCUT2D eigenvalue weighted by atomic mass is 16.9. The molecule has 6 nitrogen and oxygen atoms in total. The average molecular weight is 384 g/mol. The van der Waals surface area contributed by atoms with Gasteiger partial charge in [-0.15, -0.1) is 10.1 Å². The van der Waals surface area contributed by atoms with Gasteiger partial charge in [0.1, 0.15) is 12.4 Å². The van der Waals surface area contributed by atoms with Gasteiger partial charge in [0.05, 0.1) is 5.41 Å². The topological polar surface area (TPSA) is 72.7 Å². The lowest BCUT2D eigenvalue weighted by Crippen LogP contribution is -2.44. The maximum Gasteiger partial charge on any atom is 0.294 e. The molecule has 2 aromatic rings. The van der Waals surface area contributed by atoms with Gasteiger partial charge in [0.25, 0.3) is 5.09 Å². The van der Waals surface area contributed by atoms with Gasteiger partial charge < -0.3 is 9.74 Å². The van der Waals surface area contributed by atoms with Gasteiger partial charge in [-0.25, -0.2) is 0 Å². The van der Waals surface area contributed by atoms with Gasteiger partial charge in [-0.2, -0.15) is 0 Å². The summed E-state index contributed by atoms with van der Waals surface area (Å²) in [6, 6.07) is 19.7. The van der Waals surface area contributed by atoms with Crippen molar-refractivity contribution < 1.29 is 14.7 Å². The van der Waals surface area contributed by atoms with Crippen molar-refractivity contribution in [1.29, 1.82) is 0 Å². The van der Waals surface area contributed by atoms with Crippen LogP contribution in [0.3, 0.4) is 0 Å². The van der Waals surface area contributed by atoms with Gasteiger partial charge >= 0.3 is 0 Å². The van der Waals surface area contributed by atoms with Crippen LogP contribution >= 0.6 is 0 Å². The molecule has 2 rings (SSSR count). The minimum Gasteiger partial charge on any atom is -0.313 e. The van der Waals surface area contributed by atoms with Crippen LogP contribution in [0.2, 0.25) is 0 Å². The third-order valence-corrected chi connectivity index (χ3v) is 5.33. The quantitative estimate of drug-likeness (QED) is 0.434. The second kappa shape index (κ2) is 9.99. The Morgan fingerprint density at radius 2 is 1.61 bits per heavy atom. The SMILES string of the molecule is CCC(=O)C(C[C@H](C)N(C)CCO[N+](=O)[O-])(c1ccccc1)c1ccccc1. The Kier molecular flexibility index (Phi) is 7.70. The van der Waals surface area contributed by atoms with E-state index < -0.39 is 10.5 Å². The molecule has 28 heavy (non-hydrogen) atoms. The molecule has 0 aliphatic carbocycles. The third kappa shape index (κ3) is 4.95. The number of carbonyl (C=O) groups is 1. The molecule has 0 saturated carbocycles. The third-order valence-electron chi connectivity index (χ3n) is 5.33. The first-order valence-electron chi connectivity index (χ1n) is 9.53. The average Bonchev–Trinajstić information content (AvgIpc) is 2.72. The van der Waals surface area contributed by atoms with Gasteiger partial charge in [-0.3, -0.25) is 4.79 Å². The lowest BCUT2D eigenvalue weighted by atomic mass is 9.67. The number of nitrogens with zero attached hydrogens (tertiary/aromatic N) is 2. The van der Waals surface area contributed by atoms with Gasteiger partial charge in [0, 0.05) is 19.0 Å². The van der Waals surface area contributed by atoms with Crippen LogP contribution in [0.1, 0.15) is 37.8 Å². The molecule has 0 unspecified atom stereocenters. The van der Waals surface area contributed by atoms with Crippen molar-refractivity contribution in [3.63, 3.8) is 0 Å². The van der Waals surface area contributed by atoms with Crippen LogP contribution in [-0.2, 0) is 15.0 Å². The Balaban J connectivity index is 2.40. The number of hydrogen-bond acceptors (Lipinski definition) is 5. The van der Waals surface area contributed by atoms with E-state index in [1.807, 2.05) is 86.5 Å². The smallest absolute Gasteiger partial charge is 0.294 e. The molecule has 0 aliphatic heterocycles. The molecule has 0 spiro atoms. The molecule has 0 aromatic heterocycles. The van der Waals surface area contributed by atoms with Crippen molar-refractivity contribution in [1.82, 2.24) is 4.90 Å². The first-order chi connectivity index (χ1) is 13.4. The standard InChI is InChI=1S/C22H28N2O4/c1-4-21(25)22(19-11-7-5-8-12-19,20-13-9-6-10-14-20)17-18(2)23(3)15-16-28-24(26)27/h5-14,18H,4,15-17H2,1-3H3/t18-/m0/s1. The fourth-order valence-corrected chi connectivity index (χ4v) is 3.66. The molecule has 0 radical (unpaired) electrons. The van der Waals surface area contributed by atoms with Crippen molar-refractivity contribution in [2.75, 3.05) is 20.2 Å². The molecule has 0 heterocycles. The normalized spacial score (nSPS) is 12.6. The molecule has 0 fully saturated rings. The highest BCUT2D eigenvalue weighted by molar-refractivity contribution is 5.93. The largest absolute Gasteiger partial charge is 0.313 e. The van der Waals surface area contributed by atoms with Crippen molar-refractivity contribution in [3.05, 3.63) is 81.9 Å². The fourth-order valence-electron chi connectivity index (χ4n) is 3.66. The number of carbonyl (C=O) groups excluding carboxylic acids is 1. The Labute approximate surface area is 166 Å². The van der Waals surface area contributed by atoms with Gasteiger partial charge in [0.2, 0.25) is 0 Å². The summed E-state index contributed by atoms with van der Waals surface area (Å²) in [5.41, 5.74) is 1.17. The van der Waals surface area contributed by atoms with Crippen LogP contribution in [0.4, 0.5) is 0 Å². The summed E-state index contributed by atoms with van der Waals surface area (Å²) in [7, 11) is 1.89. The van der Waals surface area contributed by atoms with Gasteiger partial charge in [-0.05, 0) is 31.5 Å². The predicted octanol–water partition coefficient (Wildman–Crippen LogP) is 3.87. The zero-order chi connectivity index (χ0) is 20.6. The molecule has 2 aromatic carbocycles. The number of likely N-dealkylation sites (N-methyl/N-ethyl adjacent to an activating group) is 1. The Morgan fingerprint density at radius 1 is 1.11 bits per heavy atom. The van der Waals surface area contributed by atoms with E-state index in [4.69, 9.17) is 0 Å². The van der Waals surface area contributed by atoms with Gasteiger partial charge in [-0.1, -0.05) is 67.6 Å². The number of rotatable bonds is 11. The van der Waals surface area contributed by atoms with Crippen LogP contribution in [0.5, 0.6) is 0 Å². The van der Waals surface area contributed by atoms with E-state index in [-0.39, 0.29) is 18.4 Å². The summed E-state index contributed by atoms with van der Waals surface area (Å²) in [5, 5.41) is 9.62. The second-order valence-electron chi connectivity index (χ2n) is 7.00. The van der Waals surface area contributed by atoms with Crippen LogP contribution < -0.4 is 0 Å². The maximum atomic E-state index is 13.4. The molecule has 0 aliphatic rings. The highest BCUT2D eigenvalue weighted by Crippen LogP contribution is 2.39. The molecular formula is C22H28N2O4. The molecule has 6 heteroatoms. The summed E-state index contributed by atoms with van der Waals surface area (Å²) in [6.07, 6.45) is 0.993. The summed E-state index contributed by atoms with van der Waals surface area (Å²) in [4.78, 5) is 30.2. The molecule has 150 valence electrons. The fraction of sp³-hybridized carbons (Fsp3) is 0.409. The lowest BCUT2D eigenvalue weighted by molar-refractivity contribution is -0.757. The second-order valence-corrected chi connectivity index (χ2v) is 7.00. The van der Waals surface area contributed by atoms with E-state index in [0.717, 1.165) is 11.1 Å². The monoisotopic (exact) mass is 384 g/mol. The Hall–Kier alpha value is -2.73. The highest BCUT2D eigenvalue weighted by Gasteiger charge is 2.42. The molecule has 0 bridgehead atoms. The molecule has 0 amide bonds. The Morgan fingerprint density at radius 3 is 2.04 bits per heavy atom. The van der Waals surface area contributed by atoms with E-state index in [9.17, 15) is 14.9 Å². The number of hydrogen-bond donors (Lipinski definition) is 0. The number of Topliss-reactive ketones (excluding diaryl/α,β-unsaturated/α-hetero) is 1. The van der Waals surface area contributed by atoms with Crippen LogP contribution in [-0.4, -0.2) is 42.0 Å². The maximum absolute atomic E-state index is 13.4. The molecule has 0 N–H and O–H groups in total. The molecule has 0 saturated heterocycles. The predicted molar refractivity (Wildman–Crippen MR) is 109 cm³/mol. The summed E-state index contributed by atoms with van der Waals surface area (Å²) < 4.78 is 0. The zero-order valence-electron chi connectivity index (χ0n) is 16.7. The first kappa shape index (κ1) is 21.6. The van der Waals surface area contributed by atoms with Crippen molar-refractivity contribution in [2.45, 2.75) is 38.1 Å². The molecule has 1 atom stereocenters. The number of ketones is 1. The van der Waals surface area contributed by atoms with Crippen LogP contribution in [0, 0.1) is 10.1 Å². The van der Waals surface area contributed by atoms with Crippen molar-refractivity contribution >= 4 is 5.78 Å². The Bertz CT molecular complexity index is 725. The van der Waals surface area contributed by atoms with Crippen LogP contribution in [0.15, 0.2) is 60.7 Å². The van der Waals surface area contributed by atoms with Crippen molar-refractivity contribution in [3.8, 4) is 0 Å². The van der Waals surface area contributed by atoms with E-state index in [2.05, 4.69) is 4.84 Å². The zero-order valence-corrected chi connectivity index (χ0v) is 16.7. The lowest BCUT2D eigenvalue weighted by Gasteiger charge is -2.38. The minimum absolute atomic E-state index is 0.000756. The number of benzene rings is 2. The van der Waals surface area contributed by atoms with E-state index in [1.54, 1.807) is 0 Å². The van der Waals surface area contributed by atoms with E-state index in [1.165, 1.54) is 0 Å². The van der Waals surface area contributed by atoms with E-state index >= 15 is 0 Å². The van der Waals surface area contributed by atoms with Crippen LogP contribution in [0.25, 0.3) is 0 Å². The minimum atomic E-state index is -0.780. The summed E-state index contributed by atoms with van der Waals surface area (Å²) in [5.74, 6) is 0.159. The first-order valence-corrected chi connectivity index (χ1v) is 9.53. The molecular weight excluding hydrogens is 356 g/mol. The summed E-state index contributed by atoms with van der Waals surface area (Å²) >= 11 is 0. The van der Waals surface area contributed by atoms with Crippen molar-refractivity contribution in [2.24, 2.45) is 0 Å². The summed E-state index contributed by atoms with van der Waals surface area (Å²) in [6.45, 7) is 4.33.